The summed E-state index contributed by atoms with van der Waals surface area (Å²) < 4.78 is 7.58. The zero-order valence-corrected chi connectivity index (χ0v) is 10.1. The van der Waals surface area contributed by atoms with Gasteiger partial charge in [-0.25, -0.2) is 0 Å². The van der Waals surface area contributed by atoms with Gasteiger partial charge < -0.3 is 8.98 Å². The molecule has 2 heterocycles. The van der Waals surface area contributed by atoms with Crippen molar-refractivity contribution in [3.8, 4) is 17.5 Å². The van der Waals surface area contributed by atoms with Crippen LogP contribution < -0.4 is 0 Å². The Morgan fingerprint density at radius 3 is 2.72 bits per heavy atom. The van der Waals surface area contributed by atoms with E-state index in [-0.39, 0.29) is 0 Å². The van der Waals surface area contributed by atoms with E-state index in [4.69, 9.17) is 4.42 Å². The second-order valence-electron chi connectivity index (χ2n) is 4.07. The first kappa shape index (κ1) is 10.7. The summed E-state index contributed by atoms with van der Waals surface area (Å²) in [5.74, 6) is 0.740. The molecule has 0 saturated carbocycles. The number of aromatic nitrogens is 1. The molecule has 0 aliphatic heterocycles. The summed E-state index contributed by atoms with van der Waals surface area (Å²) in [6.07, 6.45) is 1.63. The molecule has 1 aromatic carbocycles. The van der Waals surface area contributed by atoms with Crippen LogP contribution in [-0.4, -0.2) is 4.57 Å². The van der Waals surface area contributed by atoms with Crippen molar-refractivity contribution in [2.45, 2.75) is 13.5 Å². The molecule has 0 bridgehead atoms. The fourth-order valence-corrected chi connectivity index (χ4v) is 2.41. The Hall–Kier alpha value is -2.47. The molecule has 18 heavy (non-hydrogen) atoms. The van der Waals surface area contributed by atoms with Gasteiger partial charge >= 0.3 is 0 Å². The zero-order valence-electron chi connectivity index (χ0n) is 10.1. The second-order valence-corrected chi connectivity index (χ2v) is 4.07. The van der Waals surface area contributed by atoms with Gasteiger partial charge in [0.25, 0.3) is 0 Å². The van der Waals surface area contributed by atoms with E-state index < -0.39 is 0 Å². The normalized spacial score (nSPS) is 10.7. The van der Waals surface area contributed by atoms with Crippen LogP contribution in [0.15, 0.2) is 47.1 Å². The van der Waals surface area contributed by atoms with Crippen molar-refractivity contribution in [2.75, 3.05) is 0 Å². The maximum Gasteiger partial charge on any atom is 0.151 e. The molecule has 0 atom stereocenters. The number of aryl methyl sites for hydroxylation is 1. The number of benzene rings is 1. The molecule has 0 aliphatic rings. The number of fused-ring (bicyclic) bond motifs is 1. The lowest BCUT2D eigenvalue weighted by molar-refractivity contribution is 0.574. The Morgan fingerprint density at radius 2 is 2.06 bits per heavy atom. The van der Waals surface area contributed by atoms with Crippen LogP contribution in [0.3, 0.4) is 0 Å². The summed E-state index contributed by atoms with van der Waals surface area (Å²) in [5.41, 5.74) is 2.62. The minimum absolute atomic E-state index is 0.683. The standard InChI is InChI=1S/C15H12N2O/c1-2-17-13-7-4-3-6-11(13)12(10-16)15(17)14-8-5-9-18-14/h3-9H,2H2,1H3. The Morgan fingerprint density at radius 1 is 1.22 bits per heavy atom. The lowest BCUT2D eigenvalue weighted by atomic mass is 10.1. The third-order valence-corrected chi connectivity index (χ3v) is 3.15. The number of hydrogen-bond donors (Lipinski definition) is 0. The number of nitriles is 1. The molecule has 0 fully saturated rings. The van der Waals surface area contributed by atoms with Gasteiger partial charge in [-0.1, -0.05) is 18.2 Å². The van der Waals surface area contributed by atoms with Gasteiger partial charge in [0.05, 0.1) is 11.8 Å². The fourth-order valence-electron chi connectivity index (χ4n) is 2.41. The first-order valence-corrected chi connectivity index (χ1v) is 5.92. The van der Waals surface area contributed by atoms with E-state index in [1.54, 1.807) is 6.26 Å². The molecular formula is C15H12N2O. The first-order valence-electron chi connectivity index (χ1n) is 5.92. The summed E-state index contributed by atoms with van der Waals surface area (Å²) >= 11 is 0. The largest absolute Gasteiger partial charge is 0.463 e. The molecular weight excluding hydrogens is 224 g/mol. The highest BCUT2D eigenvalue weighted by Crippen LogP contribution is 2.33. The van der Waals surface area contributed by atoms with Gasteiger partial charge in [0, 0.05) is 17.4 Å². The molecule has 88 valence electrons. The molecule has 3 rings (SSSR count). The number of rotatable bonds is 2. The van der Waals surface area contributed by atoms with Crippen molar-refractivity contribution in [3.05, 3.63) is 48.2 Å². The molecule has 0 aliphatic carbocycles. The molecule has 0 radical (unpaired) electrons. The van der Waals surface area contributed by atoms with Crippen LogP contribution in [0.4, 0.5) is 0 Å². The second kappa shape index (κ2) is 4.08. The van der Waals surface area contributed by atoms with Gasteiger partial charge in [0.15, 0.2) is 5.76 Å². The Balaban J connectivity index is 2.46. The highest BCUT2D eigenvalue weighted by Gasteiger charge is 2.18. The highest BCUT2D eigenvalue weighted by molar-refractivity contribution is 5.93. The number of nitrogens with zero attached hydrogens (tertiary/aromatic N) is 2. The molecule has 0 N–H and O–H groups in total. The molecule has 3 aromatic rings. The maximum atomic E-state index is 9.42. The van der Waals surface area contributed by atoms with Crippen LogP contribution in [0.5, 0.6) is 0 Å². The molecule has 0 saturated heterocycles. The summed E-state index contributed by atoms with van der Waals surface area (Å²) in [4.78, 5) is 0. The highest BCUT2D eigenvalue weighted by atomic mass is 16.3. The topological polar surface area (TPSA) is 41.9 Å². The minimum atomic E-state index is 0.683. The van der Waals surface area contributed by atoms with E-state index in [1.807, 2.05) is 36.4 Å². The average Bonchev–Trinajstić information content (AvgIpc) is 3.03. The van der Waals surface area contributed by atoms with Gasteiger partial charge in [-0.15, -0.1) is 0 Å². The van der Waals surface area contributed by atoms with Crippen molar-refractivity contribution < 1.29 is 4.42 Å². The van der Waals surface area contributed by atoms with E-state index in [9.17, 15) is 5.26 Å². The zero-order chi connectivity index (χ0) is 12.5. The summed E-state index contributed by atoms with van der Waals surface area (Å²) in [6, 6.07) is 14.0. The van der Waals surface area contributed by atoms with Crippen molar-refractivity contribution in [2.24, 2.45) is 0 Å². The Bertz CT molecular complexity index is 730. The number of furan rings is 1. The lowest BCUT2D eigenvalue weighted by Crippen LogP contribution is -1.96. The quantitative estimate of drug-likeness (QED) is 0.679. The van der Waals surface area contributed by atoms with E-state index in [0.29, 0.717) is 5.56 Å². The van der Waals surface area contributed by atoms with Gasteiger partial charge in [0.1, 0.15) is 11.8 Å². The van der Waals surface area contributed by atoms with Crippen LogP contribution in [0.1, 0.15) is 12.5 Å². The van der Waals surface area contributed by atoms with Gasteiger partial charge in [-0.2, -0.15) is 5.26 Å². The minimum Gasteiger partial charge on any atom is -0.463 e. The third kappa shape index (κ3) is 1.36. The summed E-state index contributed by atoms with van der Waals surface area (Å²) in [7, 11) is 0. The summed E-state index contributed by atoms with van der Waals surface area (Å²) in [5, 5.41) is 10.4. The van der Waals surface area contributed by atoms with Crippen LogP contribution >= 0.6 is 0 Å². The van der Waals surface area contributed by atoms with Gasteiger partial charge in [-0.3, -0.25) is 0 Å². The fraction of sp³-hybridized carbons (Fsp3) is 0.133. The van der Waals surface area contributed by atoms with Gasteiger partial charge in [-0.05, 0) is 25.1 Å². The molecule has 0 spiro atoms. The van der Waals surface area contributed by atoms with Crippen LogP contribution in [0, 0.1) is 11.3 Å². The molecule has 0 amide bonds. The SMILES string of the molecule is CCn1c(-c2ccco2)c(C#N)c2ccccc21. The van der Waals surface area contributed by atoms with Crippen LogP contribution in [0.2, 0.25) is 0 Å². The smallest absolute Gasteiger partial charge is 0.151 e. The van der Waals surface area contributed by atoms with Crippen LogP contribution in [-0.2, 0) is 6.54 Å². The molecule has 3 heteroatoms. The average molecular weight is 236 g/mol. The van der Waals surface area contributed by atoms with Crippen molar-refractivity contribution in [1.29, 1.82) is 5.26 Å². The van der Waals surface area contributed by atoms with Crippen molar-refractivity contribution in [3.63, 3.8) is 0 Å². The van der Waals surface area contributed by atoms with E-state index >= 15 is 0 Å². The maximum absolute atomic E-state index is 9.42. The molecule has 3 nitrogen and oxygen atoms in total. The molecule has 2 aromatic heterocycles. The predicted octanol–water partition coefficient (Wildman–Crippen LogP) is 3.79. The molecule has 0 unspecified atom stereocenters. The lowest BCUT2D eigenvalue weighted by Gasteiger charge is -2.05. The van der Waals surface area contributed by atoms with Gasteiger partial charge in [0.2, 0.25) is 0 Å². The third-order valence-electron chi connectivity index (χ3n) is 3.15. The number of hydrogen-bond acceptors (Lipinski definition) is 2. The Kier molecular flexibility index (Phi) is 2.42. The van der Waals surface area contributed by atoms with E-state index in [0.717, 1.165) is 28.9 Å². The van der Waals surface area contributed by atoms with Crippen molar-refractivity contribution in [1.82, 2.24) is 4.57 Å². The van der Waals surface area contributed by atoms with Crippen LogP contribution in [0.25, 0.3) is 22.4 Å². The predicted molar refractivity (Wildman–Crippen MR) is 70.0 cm³/mol. The summed E-state index contributed by atoms with van der Waals surface area (Å²) in [6.45, 7) is 2.87. The monoisotopic (exact) mass is 236 g/mol. The number of para-hydroxylation sites is 1. The van der Waals surface area contributed by atoms with E-state index in [1.165, 1.54) is 0 Å². The Labute approximate surface area is 105 Å². The van der Waals surface area contributed by atoms with E-state index in [2.05, 4.69) is 17.6 Å². The first-order chi connectivity index (χ1) is 8.86. The van der Waals surface area contributed by atoms with Crippen molar-refractivity contribution >= 4 is 10.9 Å².